The zero-order valence-corrected chi connectivity index (χ0v) is 14.0. The second kappa shape index (κ2) is 6.75. The Balaban J connectivity index is 1.56. The van der Waals surface area contributed by atoms with E-state index in [9.17, 15) is 13.2 Å². The van der Waals surface area contributed by atoms with Crippen LogP contribution in [0, 0.1) is 0 Å². The third kappa shape index (κ3) is 3.48. The Morgan fingerprint density at radius 2 is 1.93 bits per heavy atom. The highest BCUT2D eigenvalue weighted by molar-refractivity contribution is 5.83. The largest absolute Gasteiger partial charge is 0.416 e. The van der Waals surface area contributed by atoms with Crippen LogP contribution in [0.3, 0.4) is 0 Å². The highest BCUT2D eigenvalue weighted by Gasteiger charge is 2.31. The second-order valence-electron chi connectivity index (χ2n) is 6.03. The molecule has 4 rings (SSSR count). The molecule has 0 aliphatic heterocycles. The predicted octanol–water partition coefficient (Wildman–Crippen LogP) is 4.02. The van der Waals surface area contributed by atoms with E-state index in [2.05, 4.69) is 30.9 Å². The number of fused-ring (bicyclic) bond motifs is 1. The third-order valence-corrected chi connectivity index (χ3v) is 4.32. The van der Waals surface area contributed by atoms with Gasteiger partial charge in [-0.1, -0.05) is 18.2 Å². The summed E-state index contributed by atoms with van der Waals surface area (Å²) in [6.45, 7) is 0.540. The van der Waals surface area contributed by atoms with Crippen molar-refractivity contribution in [3.63, 3.8) is 0 Å². The van der Waals surface area contributed by atoms with Crippen LogP contribution in [-0.4, -0.2) is 32.2 Å². The minimum Gasteiger partial charge on any atom is -0.384 e. The van der Waals surface area contributed by atoms with Gasteiger partial charge >= 0.3 is 6.18 Å². The zero-order valence-electron chi connectivity index (χ0n) is 14.0. The van der Waals surface area contributed by atoms with Crippen LogP contribution in [-0.2, 0) is 12.6 Å². The summed E-state index contributed by atoms with van der Waals surface area (Å²) in [5.41, 5.74) is 2.19. The number of tetrazole rings is 1. The van der Waals surface area contributed by atoms with E-state index in [0.29, 0.717) is 18.7 Å². The number of hydrogen-bond donors (Lipinski definition) is 3. The molecule has 138 valence electrons. The van der Waals surface area contributed by atoms with Crippen LogP contribution in [0.2, 0.25) is 0 Å². The molecule has 4 aromatic rings. The number of aromatic nitrogens is 5. The van der Waals surface area contributed by atoms with Crippen molar-refractivity contribution in [2.45, 2.75) is 12.6 Å². The second-order valence-corrected chi connectivity index (χ2v) is 6.03. The molecular weight excluding hydrogens is 357 g/mol. The lowest BCUT2D eigenvalue weighted by atomic mass is 10.1. The van der Waals surface area contributed by atoms with Crippen molar-refractivity contribution in [1.82, 2.24) is 25.6 Å². The predicted molar refractivity (Wildman–Crippen MR) is 95.1 cm³/mol. The van der Waals surface area contributed by atoms with E-state index >= 15 is 0 Å². The molecule has 2 aromatic carbocycles. The van der Waals surface area contributed by atoms with Gasteiger partial charge in [0.25, 0.3) is 0 Å². The molecule has 0 spiro atoms. The summed E-state index contributed by atoms with van der Waals surface area (Å²) in [6, 6.07) is 11.4. The number of nitrogens with zero attached hydrogens (tertiary/aromatic N) is 3. The standard InChI is InChI=1S/C18H15F3N6/c19-18(20,21)12-5-6-16(14(9-12)17-24-26-27-25-17)22-8-7-11-10-23-15-4-2-1-3-13(11)15/h1-6,9-10,22-23H,7-8H2,(H,24,25,26,27). The molecule has 6 nitrogen and oxygen atoms in total. The number of benzene rings is 2. The van der Waals surface area contributed by atoms with Crippen LogP contribution < -0.4 is 5.32 Å². The normalized spacial score (nSPS) is 11.8. The highest BCUT2D eigenvalue weighted by Crippen LogP contribution is 2.34. The van der Waals surface area contributed by atoms with Gasteiger partial charge in [-0.2, -0.15) is 18.4 Å². The number of H-pyrrole nitrogens is 2. The highest BCUT2D eigenvalue weighted by atomic mass is 19.4. The van der Waals surface area contributed by atoms with Gasteiger partial charge in [0, 0.05) is 34.9 Å². The molecule has 0 atom stereocenters. The van der Waals surface area contributed by atoms with Crippen LogP contribution in [0.15, 0.2) is 48.7 Å². The average Bonchev–Trinajstić information content (AvgIpc) is 3.31. The van der Waals surface area contributed by atoms with Crippen molar-refractivity contribution in [2.24, 2.45) is 0 Å². The monoisotopic (exact) mass is 372 g/mol. The lowest BCUT2D eigenvalue weighted by Crippen LogP contribution is -2.09. The van der Waals surface area contributed by atoms with Gasteiger partial charge in [-0.05, 0) is 41.5 Å². The van der Waals surface area contributed by atoms with Crippen LogP contribution in [0.25, 0.3) is 22.3 Å². The minimum absolute atomic E-state index is 0.107. The fourth-order valence-corrected chi connectivity index (χ4v) is 3.01. The van der Waals surface area contributed by atoms with Gasteiger partial charge in [0.05, 0.1) is 5.56 Å². The molecule has 0 saturated heterocycles. The Hall–Kier alpha value is -3.36. The number of halogens is 3. The van der Waals surface area contributed by atoms with Gasteiger partial charge in [0.1, 0.15) is 0 Å². The van der Waals surface area contributed by atoms with E-state index in [1.54, 1.807) is 0 Å². The molecule has 0 amide bonds. The number of anilines is 1. The molecule has 3 N–H and O–H groups in total. The summed E-state index contributed by atoms with van der Waals surface area (Å²) in [4.78, 5) is 3.21. The van der Waals surface area contributed by atoms with Crippen LogP contribution in [0.1, 0.15) is 11.1 Å². The maximum Gasteiger partial charge on any atom is 0.416 e. The van der Waals surface area contributed by atoms with Gasteiger partial charge < -0.3 is 10.3 Å². The minimum atomic E-state index is -4.44. The molecule has 0 fully saturated rings. The summed E-state index contributed by atoms with van der Waals surface area (Å²) in [6.07, 6.45) is -1.79. The number of nitrogens with one attached hydrogen (secondary N) is 3. The van der Waals surface area contributed by atoms with Crippen LogP contribution in [0.4, 0.5) is 18.9 Å². The Bertz CT molecular complexity index is 1050. The molecule has 0 aliphatic carbocycles. The number of hydrogen-bond acceptors (Lipinski definition) is 4. The molecular formula is C18H15F3N6. The van der Waals surface area contributed by atoms with Gasteiger partial charge in [-0.3, -0.25) is 0 Å². The van der Waals surface area contributed by atoms with Crippen LogP contribution >= 0.6 is 0 Å². The number of para-hydroxylation sites is 1. The fourth-order valence-electron chi connectivity index (χ4n) is 3.01. The number of alkyl halides is 3. The van der Waals surface area contributed by atoms with E-state index in [1.165, 1.54) is 6.07 Å². The molecule has 0 unspecified atom stereocenters. The van der Waals surface area contributed by atoms with E-state index in [0.717, 1.165) is 28.6 Å². The van der Waals surface area contributed by atoms with Gasteiger partial charge in [-0.25, -0.2) is 0 Å². The summed E-state index contributed by atoms with van der Waals surface area (Å²) >= 11 is 0. The first-order valence-electron chi connectivity index (χ1n) is 8.26. The summed E-state index contributed by atoms with van der Waals surface area (Å²) in [7, 11) is 0. The molecule has 2 aromatic heterocycles. The maximum absolute atomic E-state index is 13.0. The van der Waals surface area contributed by atoms with E-state index in [4.69, 9.17) is 0 Å². The van der Waals surface area contributed by atoms with Crippen LogP contribution in [0.5, 0.6) is 0 Å². The first-order chi connectivity index (χ1) is 13.0. The molecule has 0 saturated carbocycles. The zero-order chi connectivity index (χ0) is 18.9. The first kappa shape index (κ1) is 17.1. The van der Waals surface area contributed by atoms with Crippen molar-refractivity contribution < 1.29 is 13.2 Å². The number of aromatic amines is 2. The van der Waals surface area contributed by atoms with E-state index in [-0.39, 0.29) is 11.4 Å². The molecule has 0 aliphatic rings. The van der Waals surface area contributed by atoms with Gasteiger partial charge in [0.15, 0.2) is 0 Å². The van der Waals surface area contributed by atoms with Crippen molar-refractivity contribution in [3.8, 4) is 11.4 Å². The molecule has 9 heteroatoms. The Morgan fingerprint density at radius 1 is 1.07 bits per heavy atom. The van der Waals surface area contributed by atoms with E-state index in [1.807, 2.05) is 30.5 Å². The average molecular weight is 372 g/mol. The van der Waals surface area contributed by atoms with Crippen molar-refractivity contribution in [3.05, 3.63) is 59.8 Å². The maximum atomic E-state index is 13.0. The molecule has 2 heterocycles. The lowest BCUT2D eigenvalue weighted by molar-refractivity contribution is -0.137. The van der Waals surface area contributed by atoms with Gasteiger partial charge in [-0.15, -0.1) is 10.2 Å². The van der Waals surface area contributed by atoms with Crippen molar-refractivity contribution in [1.29, 1.82) is 0 Å². The molecule has 0 radical (unpaired) electrons. The van der Waals surface area contributed by atoms with Crippen molar-refractivity contribution >= 4 is 16.6 Å². The first-order valence-corrected chi connectivity index (χ1v) is 8.26. The Labute approximate surface area is 151 Å². The molecule has 0 bridgehead atoms. The Morgan fingerprint density at radius 3 is 2.70 bits per heavy atom. The fraction of sp³-hybridized carbons (Fsp3) is 0.167. The van der Waals surface area contributed by atoms with Gasteiger partial charge in [0.2, 0.25) is 5.82 Å². The number of rotatable bonds is 5. The lowest BCUT2D eigenvalue weighted by Gasteiger charge is -2.13. The van der Waals surface area contributed by atoms with E-state index < -0.39 is 11.7 Å². The smallest absolute Gasteiger partial charge is 0.384 e. The summed E-state index contributed by atoms with van der Waals surface area (Å²) in [5, 5.41) is 17.6. The van der Waals surface area contributed by atoms with Crippen molar-refractivity contribution in [2.75, 3.05) is 11.9 Å². The third-order valence-electron chi connectivity index (χ3n) is 4.32. The summed E-state index contributed by atoms with van der Waals surface area (Å²) < 4.78 is 39.1. The summed E-state index contributed by atoms with van der Waals surface area (Å²) in [5.74, 6) is 0.107. The Kier molecular flexibility index (Phi) is 4.27. The molecule has 27 heavy (non-hydrogen) atoms. The quantitative estimate of drug-likeness (QED) is 0.494. The topological polar surface area (TPSA) is 82.3 Å². The SMILES string of the molecule is FC(F)(F)c1ccc(NCCc2c[nH]c3ccccc23)c(-c2nn[nH]n2)c1.